The molecule has 1 aromatic carbocycles. The summed E-state index contributed by atoms with van der Waals surface area (Å²) in [6, 6.07) is 10.2. The first-order valence-corrected chi connectivity index (χ1v) is 8.90. The lowest BCUT2D eigenvalue weighted by Crippen LogP contribution is -2.51. The molecule has 0 bridgehead atoms. The van der Waals surface area contributed by atoms with Gasteiger partial charge in [-0.2, -0.15) is 5.10 Å². The van der Waals surface area contributed by atoms with Crippen LogP contribution in [-0.4, -0.2) is 58.4 Å². The van der Waals surface area contributed by atoms with Crippen LogP contribution < -0.4 is 10.2 Å². The molecule has 2 amide bonds. The minimum Gasteiger partial charge on any atom is -0.478 e. The van der Waals surface area contributed by atoms with E-state index >= 15 is 0 Å². The quantitative estimate of drug-likeness (QED) is 0.836. The summed E-state index contributed by atoms with van der Waals surface area (Å²) in [6.45, 7) is 1.97. The zero-order valence-electron chi connectivity index (χ0n) is 15.2. The standard InChI is InChI=1S/C19H23N5O3/c1-23(16-4-3-11-24(13-16)17-5-2-10-21-22-17)19(27)20-12-14-6-8-15(9-7-14)18(25)26/h2,5-10,16H,3-4,11-13H2,1H3,(H,20,27)(H,25,26). The van der Waals surface area contributed by atoms with Gasteiger partial charge in [0.15, 0.2) is 5.82 Å². The minimum atomic E-state index is -0.963. The van der Waals surface area contributed by atoms with Gasteiger partial charge in [-0.3, -0.25) is 0 Å². The highest BCUT2D eigenvalue weighted by Gasteiger charge is 2.26. The first-order chi connectivity index (χ1) is 13.0. The van der Waals surface area contributed by atoms with E-state index in [1.165, 1.54) is 12.1 Å². The Morgan fingerprint density at radius 1 is 1.30 bits per heavy atom. The Hall–Kier alpha value is -3.16. The fraction of sp³-hybridized carbons (Fsp3) is 0.368. The van der Waals surface area contributed by atoms with Crippen LogP contribution in [-0.2, 0) is 6.54 Å². The molecule has 3 rings (SSSR count). The van der Waals surface area contributed by atoms with Crippen LogP contribution in [0, 0.1) is 0 Å². The van der Waals surface area contributed by atoms with Gasteiger partial charge >= 0.3 is 12.0 Å². The molecule has 8 nitrogen and oxygen atoms in total. The molecule has 1 atom stereocenters. The molecule has 8 heteroatoms. The lowest BCUT2D eigenvalue weighted by Gasteiger charge is -2.37. The van der Waals surface area contributed by atoms with Crippen molar-refractivity contribution >= 4 is 17.8 Å². The van der Waals surface area contributed by atoms with E-state index in [2.05, 4.69) is 20.4 Å². The number of nitrogens with one attached hydrogen (secondary N) is 1. The fourth-order valence-corrected chi connectivity index (χ4v) is 3.17. The van der Waals surface area contributed by atoms with Gasteiger partial charge in [0.1, 0.15) is 0 Å². The van der Waals surface area contributed by atoms with Gasteiger partial charge in [-0.15, -0.1) is 5.10 Å². The fourth-order valence-electron chi connectivity index (χ4n) is 3.17. The van der Waals surface area contributed by atoms with Gasteiger partial charge in [0.2, 0.25) is 0 Å². The Bertz CT molecular complexity index is 782. The second kappa shape index (κ2) is 8.48. The van der Waals surface area contributed by atoms with E-state index in [-0.39, 0.29) is 17.6 Å². The normalized spacial score (nSPS) is 16.6. The highest BCUT2D eigenvalue weighted by atomic mass is 16.4. The van der Waals surface area contributed by atoms with Gasteiger partial charge in [0.05, 0.1) is 11.6 Å². The topological polar surface area (TPSA) is 98.7 Å². The van der Waals surface area contributed by atoms with Crippen molar-refractivity contribution in [3.8, 4) is 0 Å². The zero-order valence-corrected chi connectivity index (χ0v) is 15.2. The van der Waals surface area contributed by atoms with Gasteiger partial charge in [0, 0.05) is 32.9 Å². The molecule has 1 unspecified atom stereocenters. The Balaban J connectivity index is 1.54. The third kappa shape index (κ3) is 4.72. The maximum absolute atomic E-state index is 12.5. The second-order valence-electron chi connectivity index (χ2n) is 6.60. The zero-order chi connectivity index (χ0) is 19.2. The summed E-state index contributed by atoms with van der Waals surface area (Å²) in [5.41, 5.74) is 1.08. The molecule has 1 saturated heterocycles. The molecule has 0 spiro atoms. The Morgan fingerprint density at radius 3 is 2.74 bits per heavy atom. The first kappa shape index (κ1) is 18.6. The van der Waals surface area contributed by atoms with E-state index in [0.29, 0.717) is 6.54 Å². The van der Waals surface area contributed by atoms with E-state index in [0.717, 1.165) is 37.3 Å². The number of rotatable bonds is 5. The van der Waals surface area contributed by atoms with Crippen molar-refractivity contribution in [2.75, 3.05) is 25.0 Å². The van der Waals surface area contributed by atoms with E-state index in [4.69, 9.17) is 5.11 Å². The van der Waals surface area contributed by atoms with Crippen LogP contribution in [0.25, 0.3) is 0 Å². The summed E-state index contributed by atoms with van der Waals surface area (Å²) < 4.78 is 0. The molecular weight excluding hydrogens is 346 g/mol. The molecule has 1 fully saturated rings. The van der Waals surface area contributed by atoms with E-state index in [1.807, 2.05) is 12.1 Å². The van der Waals surface area contributed by atoms with Crippen molar-refractivity contribution in [1.82, 2.24) is 20.4 Å². The van der Waals surface area contributed by atoms with Gasteiger partial charge < -0.3 is 20.2 Å². The third-order valence-electron chi connectivity index (χ3n) is 4.79. The molecule has 2 heterocycles. The third-order valence-corrected chi connectivity index (χ3v) is 4.79. The minimum absolute atomic E-state index is 0.0927. The van der Waals surface area contributed by atoms with Gasteiger partial charge in [-0.25, -0.2) is 9.59 Å². The Morgan fingerprint density at radius 2 is 2.07 bits per heavy atom. The first-order valence-electron chi connectivity index (χ1n) is 8.90. The summed E-state index contributed by atoms with van der Waals surface area (Å²) in [5.74, 6) is -0.134. The predicted molar refractivity (Wildman–Crippen MR) is 101 cm³/mol. The molecule has 27 heavy (non-hydrogen) atoms. The van der Waals surface area contributed by atoms with Crippen molar-refractivity contribution in [2.45, 2.75) is 25.4 Å². The average molecular weight is 369 g/mol. The lowest BCUT2D eigenvalue weighted by molar-refractivity contribution is 0.0697. The Labute approximate surface area is 157 Å². The molecule has 142 valence electrons. The smallest absolute Gasteiger partial charge is 0.335 e. The summed E-state index contributed by atoms with van der Waals surface area (Å²) >= 11 is 0. The van der Waals surface area contributed by atoms with Crippen LogP contribution in [0.3, 0.4) is 0 Å². The number of aromatic carboxylic acids is 1. The molecule has 0 radical (unpaired) electrons. The van der Waals surface area contributed by atoms with Gasteiger partial charge in [-0.1, -0.05) is 12.1 Å². The van der Waals surface area contributed by atoms with Gasteiger partial charge in [0.25, 0.3) is 0 Å². The lowest BCUT2D eigenvalue weighted by atomic mass is 10.0. The Kier molecular flexibility index (Phi) is 5.85. The molecule has 1 aliphatic heterocycles. The number of hydrogen-bond acceptors (Lipinski definition) is 5. The molecule has 1 aliphatic rings. The summed E-state index contributed by atoms with van der Waals surface area (Å²) in [6.07, 6.45) is 3.57. The second-order valence-corrected chi connectivity index (χ2v) is 6.60. The van der Waals surface area contributed by atoms with Crippen molar-refractivity contribution in [2.24, 2.45) is 0 Å². The van der Waals surface area contributed by atoms with Crippen molar-refractivity contribution in [1.29, 1.82) is 0 Å². The maximum Gasteiger partial charge on any atom is 0.335 e. The number of benzene rings is 1. The highest BCUT2D eigenvalue weighted by molar-refractivity contribution is 5.87. The summed E-state index contributed by atoms with van der Waals surface area (Å²) in [5, 5.41) is 19.9. The predicted octanol–water partition coefficient (Wildman–Crippen LogP) is 1.99. The molecular formula is C19H23N5O3. The van der Waals surface area contributed by atoms with Crippen LogP contribution >= 0.6 is 0 Å². The summed E-state index contributed by atoms with van der Waals surface area (Å²) in [4.78, 5) is 27.3. The van der Waals surface area contributed by atoms with E-state index in [9.17, 15) is 9.59 Å². The summed E-state index contributed by atoms with van der Waals surface area (Å²) in [7, 11) is 1.80. The number of carboxylic acids is 1. The number of anilines is 1. The van der Waals surface area contributed by atoms with Crippen LogP contribution in [0.5, 0.6) is 0 Å². The van der Waals surface area contributed by atoms with Crippen LogP contribution in [0.1, 0.15) is 28.8 Å². The van der Waals surface area contributed by atoms with Gasteiger partial charge in [-0.05, 0) is 42.7 Å². The van der Waals surface area contributed by atoms with Crippen molar-refractivity contribution in [3.63, 3.8) is 0 Å². The molecule has 0 aliphatic carbocycles. The number of nitrogens with zero attached hydrogens (tertiary/aromatic N) is 4. The van der Waals surface area contributed by atoms with E-state index < -0.39 is 5.97 Å². The maximum atomic E-state index is 12.5. The molecule has 1 aromatic heterocycles. The van der Waals surface area contributed by atoms with E-state index in [1.54, 1.807) is 30.3 Å². The SMILES string of the molecule is CN(C(=O)NCc1ccc(C(=O)O)cc1)C1CCCN(c2cccnn2)C1. The van der Waals surface area contributed by atoms with Crippen LogP contribution in [0.2, 0.25) is 0 Å². The average Bonchev–Trinajstić information content (AvgIpc) is 2.72. The molecule has 2 N–H and O–H groups in total. The van der Waals surface area contributed by atoms with Crippen molar-refractivity contribution in [3.05, 3.63) is 53.7 Å². The number of amides is 2. The number of piperidine rings is 1. The number of carbonyl (C=O) groups is 2. The molecule has 0 saturated carbocycles. The number of hydrogen-bond donors (Lipinski definition) is 2. The van der Waals surface area contributed by atoms with Crippen LogP contribution in [0.4, 0.5) is 10.6 Å². The number of carboxylic acid groups (broad SMARTS) is 1. The monoisotopic (exact) mass is 369 g/mol. The van der Waals surface area contributed by atoms with Crippen LogP contribution in [0.15, 0.2) is 42.6 Å². The number of urea groups is 1. The highest BCUT2D eigenvalue weighted by Crippen LogP contribution is 2.19. The number of likely N-dealkylation sites (N-methyl/N-ethyl adjacent to an activating group) is 1. The molecule has 2 aromatic rings. The number of aromatic nitrogens is 2. The largest absolute Gasteiger partial charge is 0.478 e. The number of carbonyl (C=O) groups excluding carboxylic acids is 1. The van der Waals surface area contributed by atoms with Crippen molar-refractivity contribution < 1.29 is 14.7 Å².